The molecular formula is C14H16F2O3. The first-order valence-electron chi connectivity index (χ1n) is 6.04. The number of hydrogen-bond donors (Lipinski definition) is 0. The molecule has 0 radical (unpaired) electrons. The Hall–Kier alpha value is -1.78. The van der Waals surface area contributed by atoms with Gasteiger partial charge < -0.3 is 4.74 Å². The van der Waals surface area contributed by atoms with Gasteiger partial charge in [0.05, 0.1) is 6.61 Å². The second kappa shape index (κ2) is 6.41. The molecule has 1 aromatic carbocycles. The number of halogens is 2. The van der Waals surface area contributed by atoms with Crippen LogP contribution in [0.15, 0.2) is 18.2 Å². The highest BCUT2D eigenvalue weighted by Gasteiger charge is 2.30. The van der Waals surface area contributed by atoms with Crippen molar-refractivity contribution in [3.63, 3.8) is 0 Å². The smallest absolute Gasteiger partial charge is 0.316 e. The lowest BCUT2D eigenvalue weighted by molar-refractivity contribution is -0.151. The molecule has 1 aromatic rings. The summed E-state index contributed by atoms with van der Waals surface area (Å²) in [6.07, 6.45) is 0. The summed E-state index contributed by atoms with van der Waals surface area (Å²) in [5.74, 6) is -4.93. The fourth-order valence-electron chi connectivity index (χ4n) is 1.83. The molecule has 0 saturated carbocycles. The Labute approximate surface area is 110 Å². The minimum Gasteiger partial charge on any atom is -0.465 e. The number of ketones is 1. The fourth-order valence-corrected chi connectivity index (χ4v) is 1.83. The quantitative estimate of drug-likeness (QED) is 0.610. The summed E-state index contributed by atoms with van der Waals surface area (Å²) in [5.41, 5.74) is -0.316. The number of hydrogen-bond acceptors (Lipinski definition) is 3. The molecule has 5 heteroatoms. The molecule has 0 aliphatic heterocycles. The minimum absolute atomic E-state index is 0.152. The fraction of sp³-hybridized carbons (Fsp3) is 0.429. The van der Waals surface area contributed by atoms with Gasteiger partial charge in [-0.25, -0.2) is 8.78 Å². The van der Waals surface area contributed by atoms with Crippen molar-refractivity contribution in [3.8, 4) is 0 Å². The van der Waals surface area contributed by atoms with Crippen LogP contribution in [0, 0.1) is 17.6 Å². The van der Waals surface area contributed by atoms with Crippen LogP contribution in [0.1, 0.15) is 32.3 Å². The van der Waals surface area contributed by atoms with E-state index in [9.17, 15) is 18.4 Å². The van der Waals surface area contributed by atoms with Gasteiger partial charge in [0.2, 0.25) is 0 Å². The predicted octanol–water partition coefficient (Wildman–Crippen LogP) is 2.84. The summed E-state index contributed by atoms with van der Waals surface area (Å²) >= 11 is 0. The summed E-state index contributed by atoms with van der Waals surface area (Å²) in [6.45, 7) is 4.52. The van der Waals surface area contributed by atoms with E-state index in [4.69, 9.17) is 4.74 Å². The Morgan fingerprint density at radius 1 is 1.21 bits per heavy atom. The Morgan fingerprint density at radius 3 is 2.21 bits per heavy atom. The summed E-state index contributed by atoms with van der Waals surface area (Å²) in [6, 6.07) is 3.38. The van der Waals surface area contributed by atoms with E-state index >= 15 is 0 Å². The Morgan fingerprint density at radius 2 is 1.74 bits per heavy atom. The van der Waals surface area contributed by atoms with Gasteiger partial charge in [-0.05, 0) is 26.0 Å². The van der Waals surface area contributed by atoms with Crippen molar-refractivity contribution < 1.29 is 23.1 Å². The molecule has 0 aliphatic rings. The number of rotatable bonds is 5. The highest BCUT2D eigenvalue weighted by atomic mass is 19.1. The van der Waals surface area contributed by atoms with E-state index in [0.29, 0.717) is 0 Å². The molecular weight excluding hydrogens is 254 g/mol. The predicted molar refractivity (Wildman–Crippen MR) is 65.6 cm³/mol. The van der Waals surface area contributed by atoms with Crippen molar-refractivity contribution >= 4 is 11.8 Å². The van der Waals surface area contributed by atoms with Crippen LogP contribution in [0.2, 0.25) is 0 Å². The lowest BCUT2D eigenvalue weighted by atomic mass is 9.89. The van der Waals surface area contributed by atoms with E-state index in [1.165, 1.54) is 19.9 Å². The molecule has 0 spiro atoms. The van der Waals surface area contributed by atoms with Gasteiger partial charge in [-0.1, -0.05) is 13.0 Å². The molecule has 0 amide bonds. The normalized spacial score (nSPS) is 13.7. The van der Waals surface area contributed by atoms with Crippen molar-refractivity contribution in [2.24, 2.45) is 5.92 Å². The van der Waals surface area contributed by atoms with E-state index in [2.05, 4.69) is 0 Å². The van der Waals surface area contributed by atoms with Crippen LogP contribution < -0.4 is 0 Å². The number of Topliss-reactive ketones (excluding diaryl/α,β-unsaturated/α-hetero) is 1. The molecule has 19 heavy (non-hydrogen) atoms. The lowest BCUT2D eigenvalue weighted by Gasteiger charge is -2.16. The van der Waals surface area contributed by atoms with Gasteiger partial charge >= 0.3 is 5.97 Å². The van der Waals surface area contributed by atoms with Crippen molar-refractivity contribution in [2.45, 2.75) is 26.7 Å². The zero-order chi connectivity index (χ0) is 14.6. The molecule has 2 atom stereocenters. The molecule has 3 nitrogen and oxygen atoms in total. The van der Waals surface area contributed by atoms with Gasteiger partial charge in [0.1, 0.15) is 17.6 Å². The molecule has 0 fully saturated rings. The molecule has 0 heterocycles. The summed E-state index contributed by atoms with van der Waals surface area (Å²) in [4.78, 5) is 23.5. The first kappa shape index (κ1) is 15.3. The number of ether oxygens (including phenoxy) is 1. The Bertz CT molecular complexity index is 465. The largest absolute Gasteiger partial charge is 0.465 e. The first-order valence-corrected chi connectivity index (χ1v) is 6.04. The average Bonchev–Trinajstić information content (AvgIpc) is 2.36. The van der Waals surface area contributed by atoms with Crippen LogP contribution in [-0.4, -0.2) is 18.4 Å². The summed E-state index contributed by atoms with van der Waals surface area (Å²) in [5, 5.41) is 0. The topological polar surface area (TPSA) is 43.4 Å². The number of carbonyl (C=O) groups excluding carboxylic acids is 2. The Balaban J connectivity index is 2.97. The molecule has 1 unspecified atom stereocenters. The molecule has 0 bridgehead atoms. The van der Waals surface area contributed by atoms with E-state index in [1.54, 1.807) is 6.92 Å². The summed E-state index contributed by atoms with van der Waals surface area (Å²) in [7, 11) is 0. The Kier molecular flexibility index (Phi) is 5.15. The third-order valence-corrected chi connectivity index (χ3v) is 2.93. The maximum atomic E-state index is 13.6. The SMILES string of the molecule is CCOC(=O)C(C)C(=O)[C@H](C)c1c(F)cccc1F. The molecule has 0 aromatic heterocycles. The highest BCUT2D eigenvalue weighted by Crippen LogP contribution is 2.25. The van der Waals surface area contributed by atoms with Crippen molar-refractivity contribution in [2.75, 3.05) is 6.61 Å². The molecule has 0 saturated heterocycles. The minimum atomic E-state index is -1.05. The lowest BCUT2D eigenvalue weighted by Crippen LogP contribution is -2.27. The molecule has 1 rings (SSSR count). The van der Waals surface area contributed by atoms with Gasteiger partial charge in [-0.2, -0.15) is 0 Å². The monoisotopic (exact) mass is 270 g/mol. The van der Waals surface area contributed by atoms with Crippen molar-refractivity contribution in [1.29, 1.82) is 0 Å². The van der Waals surface area contributed by atoms with E-state index in [1.807, 2.05) is 0 Å². The van der Waals surface area contributed by atoms with Gasteiger partial charge in [0.15, 0.2) is 5.78 Å². The van der Waals surface area contributed by atoms with Gasteiger partial charge in [-0.15, -0.1) is 0 Å². The van der Waals surface area contributed by atoms with Gasteiger partial charge in [0, 0.05) is 11.5 Å². The third-order valence-electron chi connectivity index (χ3n) is 2.93. The van der Waals surface area contributed by atoms with Gasteiger partial charge in [0.25, 0.3) is 0 Å². The average molecular weight is 270 g/mol. The van der Waals surface area contributed by atoms with E-state index in [-0.39, 0.29) is 12.2 Å². The second-order valence-electron chi connectivity index (χ2n) is 4.23. The molecule has 0 N–H and O–H groups in total. The molecule has 104 valence electrons. The van der Waals surface area contributed by atoms with Crippen LogP contribution in [0.3, 0.4) is 0 Å². The van der Waals surface area contributed by atoms with Crippen LogP contribution >= 0.6 is 0 Å². The van der Waals surface area contributed by atoms with Crippen molar-refractivity contribution in [1.82, 2.24) is 0 Å². The highest BCUT2D eigenvalue weighted by molar-refractivity contribution is 6.01. The van der Waals surface area contributed by atoms with E-state index < -0.39 is 35.2 Å². The number of benzene rings is 1. The standard InChI is InChI=1S/C14H16F2O3/c1-4-19-14(18)9(3)13(17)8(2)12-10(15)6-5-7-11(12)16/h5-9H,4H2,1-3H3/t8-,9?/m1/s1. The number of esters is 1. The van der Waals surface area contributed by atoms with Gasteiger partial charge in [-0.3, -0.25) is 9.59 Å². The van der Waals surface area contributed by atoms with Crippen LogP contribution in [0.25, 0.3) is 0 Å². The maximum Gasteiger partial charge on any atom is 0.316 e. The van der Waals surface area contributed by atoms with Crippen molar-refractivity contribution in [3.05, 3.63) is 35.4 Å². The molecule has 0 aliphatic carbocycles. The first-order chi connectivity index (χ1) is 8.90. The second-order valence-corrected chi connectivity index (χ2v) is 4.23. The van der Waals surface area contributed by atoms with E-state index in [0.717, 1.165) is 12.1 Å². The third kappa shape index (κ3) is 3.36. The van der Waals surface area contributed by atoms with Crippen LogP contribution in [0.4, 0.5) is 8.78 Å². The maximum absolute atomic E-state index is 13.6. The van der Waals surface area contributed by atoms with Crippen LogP contribution in [0.5, 0.6) is 0 Å². The zero-order valence-corrected chi connectivity index (χ0v) is 11.1. The van der Waals surface area contributed by atoms with Crippen LogP contribution in [-0.2, 0) is 14.3 Å². The summed E-state index contributed by atoms with van der Waals surface area (Å²) < 4.78 is 31.9. The zero-order valence-electron chi connectivity index (χ0n) is 11.1. The number of carbonyl (C=O) groups is 2.